The molecule has 0 saturated heterocycles. The van der Waals surface area contributed by atoms with Crippen LogP contribution in [0.2, 0.25) is 0 Å². The van der Waals surface area contributed by atoms with E-state index < -0.39 is 16.1 Å². The predicted octanol–water partition coefficient (Wildman–Crippen LogP) is 0.299. The van der Waals surface area contributed by atoms with Crippen molar-refractivity contribution in [2.45, 2.75) is 31.2 Å². The summed E-state index contributed by atoms with van der Waals surface area (Å²) in [7, 11) is -3.64. The Hall–Kier alpha value is -1.39. The first-order chi connectivity index (χ1) is 7.01. The molecule has 82 valence electrons. The molecule has 0 aromatic carbocycles. The van der Waals surface area contributed by atoms with E-state index in [1.54, 1.807) is 13.8 Å². The Morgan fingerprint density at radius 2 is 2.40 bits per heavy atom. The topological polar surface area (TPSA) is 98.6 Å². The second-order valence-corrected chi connectivity index (χ2v) is 4.75. The van der Waals surface area contributed by atoms with E-state index in [2.05, 4.69) is 14.9 Å². The highest BCUT2D eigenvalue weighted by Gasteiger charge is 2.21. The largest absolute Gasteiger partial charge is 0.281 e. The van der Waals surface area contributed by atoms with Crippen LogP contribution in [0.25, 0.3) is 0 Å². The quantitative estimate of drug-likeness (QED) is 0.774. The lowest BCUT2D eigenvalue weighted by molar-refractivity contribution is 0.569. The summed E-state index contributed by atoms with van der Waals surface area (Å²) in [5, 5.41) is 14.8. The lowest BCUT2D eigenvalue weighted by Crippen LogP contribution is -2.33. The van der Waals surface area contributed by atoms with Crippen molar-refractivity contribution in [3.8, 4) is 6.07 Å². The van der Waals surface area contributed by atoms with Gasteiger partial charge in [-0.05, 0) is 13.3 Å². The molecule has 0 aliphatic carbocycles. The predicted molar refractivity (Wildman–Crippen MR) is 53.3 cm³/mol. The van der Waals surface area contributed by atoms with Crippen molar-refractivity contribution in [1.82, 2.24) is 14.9 Å². The molecule has 2 N–H and O–H groups in total. The standard InChI is InChI=1S/C8H12N4O2S/c1-3-7(4-9)12-15(13,14)8-5-10-11-6(8)2/h5,7,12H,3H2,1-2H3,(H,10,11). The number of nitriles is 1. The van der Waals surface area contributed by atoms with E-state index in [1.807, 2.05) is 6.07 Å². The van der Waals surface area contributed by atoms with E-state index in [0.717, 1.165) is 0 Å². The molecule has 1 unspecified atom stereocenters. The van der Waals surface area contributed by atoms with Crippen molar-refractivity contribution < 1.29 is 8.42 Å². The first-order valence-electron chi connectivity index (χ1n) is 4.43. The van der Waals surface area contributed by atoms with Gasteiger partial charge in [0.25, 0.3) is 0 Å². The van der Waals surface area contributed by atoms with E-state index in [9.17, 15) is 8.42 Å². The molecule has 1 atom stereocenters. The van der Waals surface area contributed by atoms with Gasteiger partial charge in [-0.3, -0.25) is 5.10 Å². The third-order valence-electron chi connectivity index (χ3n) is 1.93. The lowest BCUT2D eigenvalue weighted by atomic mass is 10.3. The van der Waals surface area contributed by atoms with E-state index in [1.165, 1.54) is 6.20 Å². The first kappa shape index (κ1) is 11.7. The number of nitrogens with one attached hydrogen (secondary N) is 2. The number of aromatic amines is 1. The van der Waals surface area contributed by atoms with Gasteiger partial charge in [-0.2, -0.15) is 15.1 Å². The van der Waals surface area contributed by atoms with E-state index in [4.69, 9.17) is 5.26 Å². The molecule has 1 rings (SSSR count). The van der Waals surface area contributed by atoms with Crippen LogP contribution in [0, 0.1) is 18.3 Å². The molecule has 0 fully saturated rings. The van der Waals surface area contributed by atoms with Crippen LogP contribution >= 0.6 is 0 Å². The molecule has 1 aromatic heterocycles. The van der Waals surface area contributed by atoms with Gasteiger partial charge in [0.1, 0.15) is 10.9 Å². The van der Waals surface area contributed by atoms with Gasteiger partial charge < -0.3 is 0 Å². The molecule has 1 aromatic rings. The summed E-state index contributed by atoms with van der Waals surface area (Å²) in [5.41, 5.74) is 0.454. The zero-order chi connectivity index (χ0) is 11.5. The van der Waals surface area contributed by atoms with E-state index in [-0.39, 0.29) is 4.90 Å². The summed E-state index contributed by atoms with van der Waals surface area (Å²) in [6.45, 7) is 3.34. The second-order valence-electron chi connectivity index (χ2n) is 3.07. The Morgan fingerprint density at radius 3 is 2.80 bits per heavy atom. The normalized spacial score (nSPS) is 13.4. The summed E-state index contributed by atoms with van der Waals surface area (Å²) in [5.74, 6) is 0. The van der Waals surface area contributed by atoms with E-state index >= 15 is 0 Å². The summed E-state index contributed by atoms with van der Waals surface area (Å²) in [4.78, 5) is 0.0798. The van der Waals surface area contributed by atoms with Gasteiger partial charge in [0.15, 0.2) is 0 Å². The number of H-pyrrole nitrogens is 1. The Kier molecular flexibility index (Phi) is 3.44. The third kappa shape index (κ3) is 2.55. The van der Waals surface area contributed by atoms with Gasteiger partial charge in [-0.1, -0.05) is 6.92 Å². The minimum Gasteiger partial charge on any atom is -0.281 e. The van der Waals surface area contributed by atoms with Crippen molar-refractivity contribution >= 4 is 10.0 Å². The van der Waals surface area contributed by atoms with Crippen LogP contribution < -0.4 is 4.72 Å². The summed E-state index contributed by atoms with van der Waals surface area (Å²) >= 11 is 0. The smallest absolute Gasteiger partial charge is 0.245 e. The molecule has 6 nitrogen and oxygen atoms in total. The van der Waals surface area contributed by atoms with Crippen LogP contribution in [0.4, 0.5) is 0 Å². The van der Waals surface area contributed by atoms with Crippen LogP contribution in [-0.2, 0) is 10.0 Å². The maximum Gasteiger partial charge on any atom is 0.245 e. The summed E-state index contributed by atoms with van der Waals surface area (Å²) in [6, 6.07) is 1.16. The molecule has 0 aliphatic heterocycles. The van der Waals surface area contributed by atoms with Gasteiger partial charge in [-0.25, -0.2) is 8.42 Å². The van der Waals surface area contributed by atoms with Gasteiger partial charge in [0.2, 0.25) is 10.0 Å². The highest BCUT2D eigenvalue weighted by molar-refractivity contribution is 7.89. The Morgan fingerprint density at radius 1 is 1.73 bits per heavy atom. The molecule has 1 heterocycles. The van der Waals surface area contributed by atoms with Crippen molar-refractivity contribution in [1.29, 1.82) is 5.26 Å². The van der Waals surface area contributed by atoms with Crippen LogP contribution in [-0.4, -0.2) is 24.7 Å². The summed E-state index contributed by atoms with van der Waals surface area (Å²) < 4.78 is 25.7. The van der Waals surface area contributed by atoms with Crippen LogP contribution in [0.1, 0.15) is 19.0 Å². The maximum absolute atomic E-state index is 11.7. The fourth-order valence-electron chi connectivity index (χ4n) is 1.06. The van der Waals surface area contributed by atoms with Gasteiger partial charge in [0.05, 0.1) is 18.0 Å². The van der Waals surface area contributed by atoms with Crippen molar-refractivity contribution in [2.75, 3.05) is 0 Å². The molecule has 0 amide bonds. The monoisotopic (exact) mass is 228 g/mol. The van der Waals surface area contributed by atoms with Crippen molar-refractivity contribution in [2.24, 2.45) is 0 Å². The lowest BCUT2D eigenvalue weighted by Gasteiger charge is -2.08. The van der Waals surface area contributed by atoms with Gasteiger partial charge in [0, 0.05) is 0 Å². The molecule has 15 heavy (non-hydrogen) atoms. The number of nitrogens with zero attached hydrogens (tertiary/aromatic N) is 2. The highest BCUT2D eigenvalue weighted by Crippen LogP contribution is 2.11. The van der Waals surface area contributed by atoms with E-state index in [0.29, 0.717) is 12.1 Å². The zero-order valence-corrected chi connectivity index (χ0v) is 9.30. The maximum atomic E-state index is 11.7. The Bertz CT molecular complexity index is 471. The average molecular weight is 228 g/mol. The number of rotatable bonds is 4. The van der Waals surface area contributed by atoms with Gasteiger partial charge >= 0.3 is 0 Å². The number of aryl methyl sites for hydroxylation is 1. The molecule has 0 saturated carbocycles. The molecule has 7 heteroatoms. The number of sulfonamides is 1. The minimum absolute atomic E-state index is 0.0798. The fourth-order valence-corrected chi connectivity index (χ4v) is 2.42. The highest BCUT2D eigenvalue weighted by atomic mass is 32.2. The number of hydrogen-bond donors (Lipinski definition) is 2. The second kappa shape index (κ2) is 4.42. The van der Waals surface area contributed by atoms with Crippen molar-refractivity contribution in [3.63, 3.8) is 0 Å². The van der Waals surface area contributed by atoms with Gasteiger partial charge in [-0.15, -0.1) is 0 Å². The Balaban J connectivity index is 2.96. The SMILES string of the molecule is CCC(C#N)NS(=O)(=O)c1cn[nH]c1C. The molecule has 0 spiro atoms. The van der Waals surface area contributed by atoms with Crippen molar-refractivity contribution in [3.05, 3.63) is 11.9 Å². The first-order valence-corrected chi connectivity index (χ1v) is 5.91. The zero-order valence-electron chi connectivity index (χ0n) is 8.48. The number of aromatic nitrogens is 2. The molecule has 0 bridgehead atoms. The third-order valence-corrected chi connectivity index (χ3v) is 3.52. The van der Waals surface area contributed by atoms with Crippen LogP contribution in [0.5, 0.6) is 0 Å². The van der Waals surface area contributed by atoms with Crippen LogP contribution in [0.3, 0.4) is 0 Å². The molecule has 0 aliphatic rings. The molecule has 0 radical (unpaired) electrons. The molecular formula is C8H12N4O2S. The number of hydrogen-bond acceptors (Lipinski definition) is 4. The fraction of sp³-hybridized carbons (Fsp3) is 0.500. The van der Waals surface area contributed by atoms with Crippen LogP contribution in [0.15, 0.2) is 11.1 Å². The minimum atomic E-state index is -3.64. The Labute approximate surface area is 88.4 Å². The molecular weight excluding hydrogens is 216 g/mol. The average Bonchev–Trinajstić information content (AvgIpc) is 2.61. The summed E-state index contributed by atoms with van der Waals surface area (Å²) in [6.07, 6.45) is 1.65.